The number of rotatable bonds is 8. The van der Waals surface area contributed by atoms with Gasteiger partial charge in [-0.05, 0) is 42.0 Å². The molecule has 0 saturated carbocycles. The summed E-state index contributed by atoms with van der Waals surface area (Å²) in [4.78, 5) is 12.2. The van der Waals surface area contributed by atoms with E-state index in [-0.39, 0.29) is 5.92 Å². The fourth-order valence-electron chi connectivity index (χ4n) is 2.63. The molecule has 0 radical (unpaired) electrons. The smallest absolute Gasteiger partial charge is 0.140 e. The Morgan fingerprint density at radius 1 is 1.20 bits per heavy atom. The standard InChI is InChI=1S/C18H28O2/c1-6-11-20-15-9-10-16(14(7-2)12-15)18(13(4)5)17(19)8-3/h9-10,12-13,18H,6-8,11H2,1-5H3. The number of carbonyl (C=O) groups is 1. The minimum absolute atomic E-state index is 0.00942. The van der Waals surface area contributed by atoms with Gasteiger partial charge in [-0.15, -0.1) is 0 Å². The minimum atomic E-state index is 0.00942. The minimum Gasteiger partial charge on any atom is -0.494 e. The number of hydrogen-bond donors (Lipinski definition) is 0. The van der Waals surface area contributed by atoms with Gasteiger partial charge >= 0.3 is 0 Å². The number of ketones is 1. The van der Waals surface area contributed by atoms with Crippen LogP contribution < -0.4 is 4.74 Å². The van der Waals surface area contributed by atoms with Crippen LogP contribution in [0.3, 0.4) is 0 Å². The van der Waals surface area contributed by atoms with Gasteiger partial charge in [-0.1, -0.05) is 40.7 Å². The van der Waals surface area contributed by atoms with Crippen molar-refractivity contribution in [3.8, 4) is 5.75 Å². The van der Waals surface area contributed by atoms with Crippen molar-refractivity contribution in [2.45, 2.75) is 59.8 Å². The van der Waals surface area contributed by atoms with Crippen LogP contribution in [0.5, 0.6) is 5.75 Å². The SMILES string of the molecule is CCCOc1ccc(C(C(=O)CC)C(C)C)c(CC)c1. The number of benzene rings is 1. The highest BCUT2D eigenvalue weighted by Gasteiger charge is 2.24. The highest BCUT2D eigenvalue weighted by molar-refractivity contribution is 5.86. The molecule has 0 N–H and O–H groups in total. The Bertz CT molecular complexity index is 435. The molecule has 1 unspecified atom stereocenters. The van der Waals surface area contributed by atoms with E-state index in [4.69, 9.17) is 4.74 Å². The second kappa shape index (κ2) is 8.08. The highest BCUT2D eigenvalue weighted by atomic mass is 16.5. The molecule has 1 aromatic rings. The van der Waals surface area contributed by atoms with E-state index in [1.807, 2.05) is 13.0 Å². The number of ether oxygens (including phenoxy) is 1. The first-order valence-electron chi connectivity index (χ1n) is 7.83. The van der Waals surface area contributed by atoms with Crippen molar-refractivity contribution < 1.29 is 9.53 Å². The molecule has 0 heterocycles. The zero-order valence-corrected chi connectivity index (χ0v) is 13.5. The van der Waals surface area contributed by atoms with Gasteiger partial charge in [0.15, 0.2) is 0 Å². The maximum Gasteiger partial charge on any atom is 0.140 e. The van der Waals surface area contributed by atoms with E-state index in [1.165, 1.54) is 11.1 Å². The van der Waals surface area contributed by atoms with Gasteiger partial charge in [0.05, 0.1) is 6.61 Å². The third kappa shape index (κ3) is 4.09. The summed E-state index contributed by atoms with van der Waals surface area (Å²) in [5.41, 5.74) is 2.41. The van der Waals surface area contributed by atoms with Crippen LogP contribution in [0.1, 0.15) is 64.5 Å². The van der Waals surface area contributed by atoms with Crippen molar-refractivity contribution in [3.63, 3.8) is 0 Å². The Balaban J connectivity index is 3.12. The van der Waals surface area contributed by atoms with Crippen LogP contribution in [0.25, 0.3) is 0 Å². The van der Waals surface area contributed by atoms with Crippen LogP contribution in [-0.2, 0) is 11.2 Å². The molecular weight excluding hydrogens is 248 g/mol. The Kier molecular flexibility index (Phi) is 6.77. The first-order valence-corrected chi connectivity index (χ1v) is 7.83. The van der Waals surface area contributed by atoms with E-state index in [9.17, 15) is 4.79 Å². The van der Waals surface area contributed by atoms with Gasteiger partial charge in [-0.25, -0.2) is 0 Å². The molecule has 2 heteroatoms. The molecule has 20 heavy (non-hydrogen) atoms. The predicted molar refractivity (Wildman–Crippen MR) is 84.5 cm³/mol. The lowest BCUT2D eigenvalue weighted by Gasteiger charge is -2.23. The zero-order chi connectivity index (χ0) is 15.1. The maximum atomic E-state index is 12.2. The van der Waals surface area contributed by atoms with Crippen molar-refractivity contribution in [1.82, 2.24) is 0 Å². The third-order valence-corrected chi connectivity index (χ3v) is 3.67. The molecule has 112 valence electrons. The van der Waals surface area contributed by atoms with Gasteiger partial charge in [-0.2, -0.15) is 0 Å². The van der Waals surface area contributed by atoms with Gasteiger partial charge in [0.25, 0.3) is 0 Å². The monoisotopic (exact) mass is 276 g/mol. The van der Waals surface area contributed by atoms with Gasteiger partial charge < -0.3 is 4.74 Å². The summed E-state index contributed by atoms with van der Waals surface area (Å²) >= 11 is 0. The van der Waals surface area contributed by atoms with Gasteiger partial charge in [0.2, 0.25) is 0 Å². The lowest BCUT2D eigenvalue weighted by Crippen LogP contribution is -2.19. The van der Waals surface area contributed by atoms with Gasteiger partial charge in [0, 0.05) is 12.3 Å². The van der Waals surface area contributed by atoms with Crippen molar-refractivity contribution >= 4 is 5.78 Å². The molecule has 1 aromatic carbocycles. The van der Waals surface area contributed by atoms with Crippen LogP contribution in [0.2, 0.25) is 0 Å². The quantitative estimate of drug-likeness (QED) is 0.684. The number of carbonyl (C=O) groups excluding carboxylic acids is 1. The molecule has 1 atom stereocenters. The summed E-state index contributed by atoms with van der Waals surface area (Å²) < 4.78 is 5.69. The lowest BCUT2D eigenvalue weighted by molar-refractivity contribution is -0.121. The lowest BCUT2D eigenvalue weighted by atomic mass is 9.81. The van der Waals surface area contributed by atoms with E-state index < -0.39 is 0 Å². The van der Waals surface area contributed by atoms with E-state index in [0.29, 0.717) is 18.1 Å². The Labute approximate surface area is 123 Å². The van der Waals surface area contributed by atoms with Crippen LogP contribution in [-0.4, -0.2) is 12.4 Å². The predicted octanol–water partition coefficient (Wildman–Crippen LogP) is 4.76. The Morgan fingerprint density at radius 2 is 1.90 bits per heavy atom. The first kappa shape index (κ1) is 16.7. The zero-order valence-electron chi connectivity index (χ0n) is 13.5. The molecule has 0 aliphatic heterocycles. The highest BCUT2D eigenvalue weighted by Crippen LogP contribution is 2.31. The van der Waals surface area contributed by atoms with Crippen LogP contribution in [0.4, 0.5) is 0 Å². The summed E-state index contributed by atoms with van der Waals surface area (Å²) in [6.45, 7) is 11.2. The number of hydrogen-bond acceptors (Lipinski definition) is 2. The van der Waals surface area contributed by atoms with Crippen molar-refractivity contribution in [2.24, 2.45) is 5.92 Å². The van der Waals surface area contributed by atoms with Gasteiger partial charge in [0.1, 0.15) is 11.5 Å². The summed E-state index contributed by atoms with van der Waals surface area (Å²) in [5.74, 6) is 1.58. The maximum absolute atomic E-state index is 12.2. The van der Waals surface area contributed by atoms with Crippen LogP contribution in [0, 0.1) is 5.92 Å². The molecule has 0 bridgehead atoms. The first-order chi connectivity index (χ1) is 9.54. The summed E-state index contributed by atoms with van der Waals surface area (Å²) in [6.07, 6.45) is 2.53. The molecule has 0 fully saturated rings. The Morgan fingerprint density at radius 3 is 2.40 bits per heavy atom. The fourth-order valence-corrected chi connectivity index (χ4v) is 2.63. The van der Waals surface area contributed by atoms with Gasteiger partial charge in [-0.3, -0.25) is 4.79 Å². The topological polar surface area (TPSA) is 26.3 Å². The van der Waals surface area contributed by atoms with Crippen molar-refractivity contribution in [2.75, 3.05) is 6.61 Å². The summed E-state index contributed by atoms with van der Waals surface area (Å²) in [5, 5.41) is 0. The molecule has 0 aliphatic carbocycles. The largest absolute Gasteiger partial charge is 0.494 e. The van der Waals surface area contributed by atoms with Crippen LogP contribution in [0.15, 0.2) is 18.2 Å². The Hall–Kier alpha value is -1.31. The number of Topliss-reactive ketones (excluding diaryl/α,β-unsaturated/α-hetero) is 1. The van der Waals surface area contributed by atoms with Crippen molar-refractivity contribution in [3.05, 3.63) is 29.3 Å². The van der Waals surface area contributed by atoms with E-state index in [2.05, 4.69) is 39.8 Å². The average Bonchev–Trinajstić information content (AvgIpc) is 2.45. The molecule has 0 saturated heterocycles. The van der Waals surface area contributed by atoms with E-state index in [1.54, 1.807) is 0 Å². The van der Waals surface area contributed by atoms with Crippen LogP contribution >= 0.6 is 0 Å². The molecule has 0 spiro atoms. The molecular formula is C18H28O2. The second-order valence-corrected chi connectivity index (χ2v) is 5.60. The second-order valence-electron chi connectivity index (χ2n) is 5.60. The normalized spacial score (nSPS) is 12.5. The van der Waals surface area contributed by atoms with Crippen molar-refractivity contribution in [1.29, 1.82) is 0 Å². The fraction of sp³-hybridized carbons (Fsp3) is 0.611. The molecule has 0 aliphatic rings. The summed E-state index contributed by atoms with van der Waals surface area (Å²) in [7, 11) is 0. The van der Waals surface area contributed by atoms with E-state index in [0.717, 1.165) is 25.2 Å². The third-order valence-electron chi connectivity index (χ3n) is 3.67. The summed E-state index contributed by atoms with van der Waals surface area (Å²) in [6, 6.07) is 6.19. The number of aryl methyl sites for hydroxylation is 1. The van der Waals surface area contributed by atoms with E-state index >= 15 is 0 Å². The molecule has 0 amide bonds. The molecule has 0 aromatic heterocycles. The average molecular weight is 276 g/mol. The molecule has 2 nitrogen and oxygen atoms in total. The molecule has 1 rings (SSSR count).